The van der Waals surface area contributed by atoms with Gasteiger partial charge in [0.25, 0.3) is 0 Å². The lowest BCUT2D eigenvalue weighted by atomic mass is 9.96. The van der Waals surface area contributed by atoms with Crippen molar-refractivity contribution in [3.63, 3.8) is 0 Å². The Labute approximate surface area is 113 Å². The van der Waals surface area contributed by atoms with Crippen molar-refractivity contribution in [1.29, 1.82) is 0 Å². The number of ether oxygens (including phenoxy) is 1. The molecule has 0 aromatic heterocycles. The Morgan fingerprint density at radius 2 is 1.63 bits per heavy atom. The second kappa shape index (κ2) is 7.31. The predicted octanol–water partition coefficient (Wildman–Crippen LogP) is 4.81. The molecule has 0 radical (unpaired) electrons. The van der Waals surface area contributed by atoms with Crippen LogP contribution < -0.4 is 10.1 Å². The minimum Gasteiger partial charge on any atom is -0.433 e. The summed E-state index contributed by atoms with van der Waals surface area (Å²) in [5, 5.41) is 3.36. The van der Waals surface area contributed by atoms with E-state index < -0.39 is 6.61 Å². The minimum absolute atomic E-state index is 0.236. The van der Waals surface area contributed by atoms with Gasteiger partial charge in [-0.25, -0.2) is 0 Å². The van der Waals surface area contributed by atoms with Gasteiger partial charge in [0, 0.05) is 6.04 Å². The summed E-state index contributed by atoms with van der Waals surface area (Å²) in [4.78, 5) is 0. The van der Waals surface area contributed by atoms with E-state index in [0.29, 0.717) is 11.7 Å². The van der Waals surface area contributed by atoms with Crippen LogP contribution in [0.3, 0.4) is 0 Å². The summed E-state index contributed by atoms with van der Waals surface area (Å²) in [6.07, 6.45) is 8.47. The molecule has 1 aromatic carbocycles. The Morgan fingerprint density at radius 1 is 1.00 bits per heavy atom. The van der Waals surface area contributed by atoms with E-state index in [4.69, 9.17) is 0 Å². The van der Waals surface area contributed by atoms with Crippen LogP contribution in [0.25, 0.3) is 0 Å². The molecular weight excluding hydrogens is 248 g/mol. The zero-order chi connectivity index (χ0) is 13.5. The number of nitrogens with one attached hydrogen (secondary N) is 1. The Bertz CT molecular complexity index is 376. The molecule has 1 aliphatic carbocycles. The molecule has 2 rings (SSSR count). The molecule has 1 N–H and O–H groups in total. The Balaban J connectivity index is 2.00. The number of alkyl halides is 2. The number of halogens is 2. The standard InChI is InChI=1S/C15H21F2NO/c16-15(17)19-14-11-7-6-10-13(14)18-12-8-4-2-1-3-5-9-12/h6-7,10-12,15,18H,1-5,8-9H2. The largest absolute Gasteiger partial charge is 0.433 e. The maximum atomic E-state index is 12.3. The number of benzene rings is 1. The fourth-order valence-electron chi connectivity index (χ4n) is 2.61. The van der Waals surface area contributed by atoms with Crippen molar-refractivity contribution < 1.29 is 13.5 Å². The van der Waals surface area contributed by atoms with Crippen LogP contribution in [-0.4, -0.2) is 12.7 Å². The lowest BCUT2D eigenvalue weighted by Gasteiger charge is -2.23. The van der Waals surface area contributed by atoms with Crippen LogP contribution in [0.15, 0.2) is 24.3 Å². The molecule has 0 atom stereocenters. The van der Waals surface area contributed by atoms with Crippen molar-refractivity contribution in [2.75, 3.05) is 5.32 Å². The van der Waals surface area contributed by atoms with E-state index >= 15 is 0 Å². The monoisotopic (exact) mass is 269 g/mol. The second-order valence-electron chi connectivity index (χ2n) is 5.06. The van der Waals surface area contributed by atoms with Crippen molar-refractivity contribution in [3.05, 3.63) is 24.3 Å². The third-order valence-electron chi connectivity index (χ3n) is 3.57. The third-order valence-corrected chi connectivity index (χ3v) is 3.57. The minimum atomic E-state index is -2.78. The van der Waals surface area contributed by atoms with Gasteiger partial charge in [-0.2, -0.15) is 8.78 Å². The fraction of sp³-hybridized carbons (Fsp3) is 0.600. The van der Waals surface area contributed by atoms with Gasteiger partial charge in [0.2, 0.25) is 0 Å². The first-order valence-corrected chi connectivity index (χ1v) is 7.06. The highest BCUT2D eigenvalue weighted by Crippen LogP contribution is 2.28. The van der Waals surface area contributed by atoms with Gasteiger partial charge in [0.05, 0.1) is 5.69 Å². The smallest absolute Gasteiger partial charge is 0.387 e. The first kappa shape index (κ1) is 14.1. The lowest BCUT2D eigenvalue weighted by Crippen LogP contribution is -2.21. The maximum absolute atomic E-state index is 12.3. The summed E-state index contributed by atoms with van der Waals surface area (Å²) in [5.74, 6) is 0.236. The van der Waals surface area contributed by atoms with Gasteiger partial charge in [0.15, 0.2) is 0 Å². The normalized spacial score (nSPS) is 17.8. The molecule has 1 saturated carbocycles. The average molecular weight is 269 g/mol. The third kappa shape index (κ3) is 4.69. The van der Waals surface area contributed by atoms with Gasteiger partial charge in [-0.15, -0.1) is 0 Å². The van der Waals surface area contributed by atoms with E-state index in [0.717, 1.165) is 12.8 Å². The SMILES string of the molecule is FC(F)Oc1ccccc1NC1CCCCCCC1. The molecule has 0 amide bonds. The van der Waals surface area contributed by atoms with Gasteiger partial charge in [0.1, 0.15) is 5.75 Å². The summed E-state index contributed by atoms with van der Waals surface area (Å²) < 4.78 is 29.2. The molecule has 0 unspecified atom stereocenters. The summed E-state index contributed by atoms with van der Waals surface area (Å²) >= 11 is 0. The second-order valence-corrected chi connectivity index (χ2v) is 5.06. The van der Waals surface area contributed by atoms with Crippen LogP contribution >= 0.6 is 0 Å². The Hall–Kier alpha value is -1.32. The molecule has 0 spiro atoms. The molecule has 4 heteroatoms. The quantitative estimate of drug-likeness (QED) is 0.846. The van der Waals surface area contributed by atoms with Gasteiger partial charge >= 0.3 is 6.61 Å². The summed E-state index contributed by atoms with van der Waals surface area (Å²) in [6.45, 7) is -2.78. The Kier molecular flexibility index (Phi) is 5.43. The maximum Gasteiger partial charge on any atom is 0.387 e. The molecule has 1 fully saturated rings. The average Bonchev–Trinajstić information content (AvgIpc) is 2.34. The highest BCUT2D eigenvalue weighted by atomic mass is 19.3. The predicted molar refractivity (Wildman–Crippen MR) is 72.8 cm³/mol. The van der Waals surface area contributed by atoms with Gasteiger partial charge in [-0.05, 0) is 25.0 Å². The molecule has 1 aliphatic rings. The molecule has 19 heavy (non-hydrogen) atoms. The zero-order valence-corrected chi connectivity index (χ0v) is 11.1. The Morgan fingerprint density at radius 3 is 2.32 bits per heavy atom. The molecule has 2 nitrogen and oxygen atoms in total. The highest BCUT2D eigenvalue weighted by Gasteiger charge is 2.14. The number of hydrogen-bond donors (Lipinski definition) is 1. The van der Waals surface area contributed by atoms with Crippen LogP contribution in [0.4, 0.5) is 14.5 Å². The zero-order valence-electron chi connectivity index (χ0n) is 11.1. The number of para-hydroxylation sites is 2. The molecule has 106 valence electrons. The summed E-state index contributed by atoms with van der Waals surface area (Å²) in [6, 6.07) is 7.29. The van der Waals surface area contributed by atoms with Crippen LogP contribution in [0.1, 0.15) is 44.9 Å². The highest BCUT2D eigenvalue weighted by molar-refractivity contribution is 5.56. The fourth-order valence-corrected chi connectivity index (χ4v) is 2.61. The van der Waals surface area contributed by atoms with Crippen molar-refractivity contribution in [2.24, 2.45) is 0 Å². The van der Waals surface area contributed by atoms with E-state index in [1.165, 1.54) is 32.1 Å². The number of rotatable bonds is 4. The number of hydrogen-bond acceptors (Lipinski definition) is 2. The van der Waals surface area contributed by atoms with Gasteiger partial charge in [-0.3, -0.25) is 0 Å². The lowest BCUT2D eigenvalue weighted by molar-refractivity contribution is -0.0493. The van der Waals surface area contributed by atoms with E-state index in [1.54, 1.807) is 18.2 Å². The van der Waals surface area contributed by atoms with Crippen LogP contribution in [0.2, 0.25) is 0 Å². The van der Waals surface area contributed by atoms with Crippen molar-refractivity contribution >= 4 is 5.69 Å². The molecule has 1 aromatic rings. The molecule has 0 saturated heterocycles. The summed E-state index contributed by atoms with van der Waals surface area (Å²) in [7, 11) is 0. The van der Waals surface area contributed by atoms with E-state index in [2.05, 4.69) is 10.1 Å². The molecule has 0 bridgehead atoms. The molecule has 0 aliphatic heterocycles. The van der Waals surface area contributed by atoms with Crippen LogP contribution in [0, 0.1) is 0 Å². The van der Waals surface area contributed by atoms with Crippen molar-refractivity contribution in [2.45, 2.75) is 57.6 Å². The van der Waals surface area contributed by atoms with Crippen LogP contribution in [-0.2, 0) is 0 Å². The first-order valence-electron chi connectivity index (χ1n) is 7.06. The van der Waals surface area contributed by atoms with Crippen molar-refractivity contribution in [3.8, 4) is 5.75 Å². The molecule has 0 heterocycles. The van der Waals surface area contributed by atoms with Gasteiger partial charge < -0.3 is 10.1 Å². The summed E-state index contributed by atoms with van der Waals surface area (Å²) in [5.41, 5.74) is 0.674. The van der Waals surface area contributed by atoms with Gasteiger partial charge in [-0.1, -0.05) is 44.2 Å². The first-order chi connectivity index (χ1) is 9.25. The molecular formula is C15H21F2NO. The van der Waals surface area contributed by atoms with Crippen molar-refractivity contribution in [1.82, 2.24) is 0 Å². The van der Waals surface area contributed by atoms with E-state index in [9.17, 15) is 8.78 Å². The van der Waals surface area contributed by atoms with E-state index in [-0.39, 0.29) is 5.75 Å². The van der Waals surface area contributed by atoms with E-state index in [1.807, 2.05) is 6.07 Å². The topological polar surface area (TPSA) is 21.3 Å². The van der Waals surface area contributed by atoms with Crippen LogP contribution in [0.5, 0.6) is 5.75 Å². The number of anilines is 1.